The molecule has 0 aromatic heterocycles. The Kier molecular flexibility index (Phi) is 2.23. The molecule has 1 aliphatic heterocycles. The van der Waals surface area contributed by atoms with Gasteiger partial charge in [0.05, 0.1) is 12.7 Å². The predicted octanol–water partition coefficient (Wildman–Crippen LogP) is 2.55. The molecule has 0 radical (unpaired) electrons. The van der Waals surface area contributed by atoms with Crippen molar-refractivity contribution in [2.45, 2.75) is 26.1 Å². The Balaban J connectivity index is 2.06. The zero-order valence-corrected chi connectivity index (χ0v) is 7.99. The molecule has 2 heteroatoms. The zero-order chi connectivity index (χ0) is 9.26. The second-order valence-corrected chi connectivity index (χ2v) is 3.26. The van der Waals surface area contributed by atoms with Crippen molar-refractivity contribution < 1.29 is 9.47 Å². The molecule has 1 aromatic carbocycles. The normalized spacial score (nSPS) is 25.7. The van der Waals surface area contributed by atoms with Crippen molar-refractivity contribution in [3.05, 3.63) is 29.8 Å². The van der Waals surface area contributed by atoms with Gasteiger partial charge in [-0.15, -0.1) is 0 Å². The lowest BCUT2D eigenvalue weighted by Crippen LogP contribution is -1.91. The Bertz CT molecular complexity index is 279. The van der Waals surface area contributed by atoms with E-state index in [1.54, 1.807) is 0 Å². The number of hydrogen-bond donors (Lipinski definition) is 0. The van der Waals surface area contributed by atoms with Crippen molar-refractivity contribution in [2.75, 3.05) is 6.61 Å². The lowest BCUT2D eigenvalue weighted by atomic mass is 10.1. The minimum Gasteiger partial charge on any atom is -0.494 e. The molecule has 13 heavy (non-hydrogen) atoms. The molecule has 1 aliphatic rings. The van der Waals surface area contributed by atoms with Crippen LogP contribution in [0.2, 0.25) is 0 Å². The molecule has 0 amide bonds. The first-order valence-corrected chi connectivity index (χ1v) is 4.69. The van der Waals surface area contributed by atoms with E-state index in [1.165, 1.54) is 5.56 Å². The van der Waals surface area contributed by atoms with Gasteiger partial charge >= 0.3 is 0 Å². The van der Waals surface area contributed by atoms with Crippen LogP contribution in [0.25, 0.3) is 0 Å². The van der Waals surface area contributed by atoms with Crippen LogP contribution in [0.3, 0.4) is 0 Å². The summed E-state index contributed by atoms with van der Waals surface area (Å²) in [6, 6.07) is 8.12. The topological polar surface area (TPSA) is 21.8 Å². The summed E-state index contributed by atoms with van der Waals surface area (Å²) in [4.78, 5) is 0. The molecule has 70 valence electrons. The Morgan fingerprint density at radius 1 is 1.31 bits per heavy atom. The molecule has 0 aliphatic carbocycles. The van der Waals surface area contributed by atoms with E-state index in [-0.39, 0.29) is 0 Å². The van der Waals surface area contributed by atoms with Crippen LogP contribution in [0.1, 0.15) is 25.5 Å². The fourth-order valence-electron chi connectivity index (χ4n) is 1.46. The zero-order valence-electron chi connectivity index (χ0n) is 7.99. The van der Waals surface area contributed by atoms with E-state index in [1.807, 2.05) is 19.1 Å². The first-order valence-electron chi connectivity index (χ1n) is 4.69. The number of benzene rings is 1. The summed E-state index contributed by atoms with van der Waals surface area (Å²) in [5.74, 6) is 0.930. The average molecular weight is 178 g/mol. The summed E-state index contributed by atoms with van der Waals surface area (Å²) in [6.45, 7) is 4.79. The maximum Gasteiger partial charge on any atom is 0.119 e. The van der Waals surface area contributed by atoms with Crippen LogP contribution in [-0.4, -0.2) is 12.7 Å². The molecule has 0 spiro atoms. The maximum atomic E-state index is 5.36. The summed E-state index contributed by atoms with van der Waals surface area (Å²) in [7, 11) is 0. The first-order chi connectivity index (χ1) is 6.31. The molecule has 2 nitrogen and oxygen atoms in total. The van der Waals surface area contributed by atoms with Crippen LogP contribution in [0.15, 0.2) is 24.3 Å². The highest BCUT2D eigenvalue weighted by molar-refractivity contribution is 5.30. The molecule has 0 saturated carbocycles. The summed E-state index contributed by atoms with van der Waals surface area (Å²) in [5.41, 5.74) is 1.25. The van der Waals surface area contributed by atoms with E-state index in [0.29, 0.717) is 12.2 Å². The molecule has 2 unspecified atom stereocenters. The third-order valence-electron chi connectivity index (χ3n) is 2.23. The highest BCUT2D eigenvalue weighted by Gasteiger charge is 2.35. The smallest absolute Gasteiger partial charge is 0.119 e. The molecule has 1 heterocycles. The fourth-order valence-corrected chi connectivity index (χ4v) is 1.46. The van der Waals surface area contributed by atoms with E-state index in [4.69, 9.17) is 9.47 Å². The largest absolute Gasteiger partial charge is 0.494 e. The predicted molar refractivity (Wildman–Crippen MR) is 50.9 cm³/mol. The SMILES string of the molecule is CCOc1ccc(C2OC2C)cc1. The van der Waals surface area contributed by atoms with Gasteiger partial charge in [0.25, 0.3) is 0 Å². The van der Waals surface area contributed by atoms with Crippen molar-refractivity contribution in [3.8, 4) is 5.75 Å². The molecule has 0 N–H and O–H groups in total. The Morgan fingerprint density at radius 3 is 2.38 bits per heavy atom. The van der Waals surface area contributed by atoms with Gasteiger partial charge in [0.2, 0.25) is 0 Å². The summed E-state index contributed by atoms with van der Waals surface area (Å²) in [5, 5.41) is 0. The summed E-state index contributed by atoms with van der Waals surface area (Å²) in [6.07, 6.45) is 0.702. The van der Waals surface area contributed by atoms with Gasteiger partial charge in [-0.1, -0.05) is 12.1 Å². The summed E-state index contributed by atoms with van der Waals surface area (Å²) >= 11 is 0. The summed E-state index contributed by atoms with van der Waals surface area (Å²) < 4.78 is 10.7. The molecular weight excluding hydrogens is 164 g/mol. The van der Waals surface area contributed by atoms with Gasteiger partial charge in [-0.3, -0.25) is 0 Å². The standard InChI is InChI=1S/C11H14O2/c1-3-12-10-6-4-9(5-7-10)11-8(2)13-11/h4-8,11H,3H2,1-2H3. The van der Waals surface area contributed by atoms with Crippen molar-refractivity contribution in [1.29, 1.82) is 0 Å². The fraction of sp³-hybridized carbons (Fsp3) is 0.455. The van der Waals surface area contributed by atoms with E-state index in [0.717, 1.165) is 12.4 Å². The highest BCUT2D eigenvalue weighted by atomic mass is 16.6. The van der Waals surface area contributed by atoms with Crippen molar-refractivity contribution in [1.82, 2.24) is 0 Å². The van der Waals surface area contributed by atoms with Gasteiger partial charge in [0, 0.05) is 0 Å². The molecule has 2 rings (SSSR count). The van der Waals surface area contributed by atoms with E-state index in [2.05, 4.69) is 19.1 Å². The van der Waals surface area contributed by atoms with Crippen LogP contribution in [0, 0.1) is 0 Å². The van der Waals surface area contributed by atoms with Gasteiger partial charge in [-0.05, 0) is 31.5 Å². The minimum absolute atomic E-state index is 0.315. The average Bonchev–Trinajstić information content (AvgIpc) is 2.85. The second-order valence-electron chi connectivity index (χ2n) is 3.26. The van der Waals surface area contributed by atoms with E-state index < -0.39 is 0 Å². The molecule has 1 saturated heterocycles. The Hall–Kier alpha value is -1.02. The van der Waals surface area contributed by atoms with Crippen LogP contribution in [0.4, 0.5) is 0 Å². The first kappa shape index (κ1) is 8.57. The number of epoxide rings is 1. The molecular formula is C11H14O2. The van der Waals surface area contributed by atoms with Crippen molar-refractivity contribution >= 4 is 0 Å². The van der Waals surface area contributed by atoms with Gasteiger partial charge in [0.1, 0.15) is 11.9 Å². The second kappa shape index (κ2) is 3.38. The Labute approximate surface area is 78.5 Å². The van der Waals surface area contributed by atoms with Crippen LogP contribution in [-0.2, 0) is 4.74 Å². The Morgan fingerprint density at radius 2 is 1.92 bits per heavy atom. The minimum atomic E-state index is 0.315. The van der Waals surface area contributed by atoms with E-state index in [9.17, 15) is 0 Å². The van der Waals surface area contributed by atoms with Crippen LogP contribution in [0.5, 0.6) is 5.75 Å². The third-order valence-corrected chi connectivity index (χ3v) is 2.23. The highest BCUT2D eigenvalue weighted by Crippen LogP contribution is 2.38. The monoisotopic (exact) mass is 178 g/mol. The number of rotatable bonds is 3. The molecule has 2 atom stereocenters. The third kappa shape index (κ3) is 1.83. The van der Waals surface area contributed by atoms with Gasteiger partial charge in [-0.25, -0.2) is 0 Å². The quantitative estimate of drug-likeness (QED) is 0.663. The van der Waals surface area contributed by atoms with Crippen molar-refractivity contribution in [3.63, 3.8) is 0 Å². The lowest BCUT2D eigenvalue weighted by Gasteiger charge is -2.02. The molecule has 0 bridgehead atoms. The van der Waals surface area contributed by atoms with Gasteiger partial charge in [-0.2, -0.15) is 0 Å². The lowest BCUT2D eigenvalue weighted by molar-refractivity contribution is 0.340. The number of ether oxygens (including phenoxy) is 2. The van der Waals surface area contributed by atoms with Crippen LogP contribution < -0.4 is 4.74 Å². The van der Waals surface area contributed by atoms with Crippen LogP contribution >= 0.6 is 0 Å². The molecule has 1 aromatic rings. The van der Waals surface area contributed by atoms with Gasteiger partial charge in [0.15, 0.2) is 0 Å². The van der Waals surface area contributed by atoms with E-state index >= 15 is 0 Å². The van der Waals surface area contributed by atoms with Crippen molar-refractivity contribution in [2.24, 2.45) is 0 Å². The maximum absolute atomic E-state index is 5.36. The molecule has 1 fully saturated rings. The number of hydrogen-bond acceptors (Lipinski definition) is 2. The van der Waals surface area contributed by atoms with Gasteiger partial charge < -0.3 is 9.47 Å².